The molecule has 0 radical (unpaired) electrons. The number of nitrogens with zero attached hydrogens (tertiary/aromatic N) is 1. The molecule has 1 aliphatic heterocycles. The van der Waals surface area contributed by atoms with Gasteiger partial charge in [-0.1, -0.05) is 15.9 Å². The largest absolute Gasteiger partial charge is 0.493 e. The fourth-order valence-corrected chi connectivity index (χ4v) is 3.08. The highest BCUT2D eigenvalue weighted by atomic mass is 79.9. The molecule has 0 aromatic heterocycles. The van der Waals surface area contributed by atoms with Gasteiger partial charge in [0.1, 0.15) is 5.75 Å². The molecule has 20 heavy (non-hydrogen) atoms. The summed E-state index contributed by atoms with van der Waals surface area (Å²) in [6, 6.07) is 3.75. The van der Waals surface area contributed by atoms with Crippen LogP contribution in [0, 0.1) is 0 Å². The molecule has 1 aromatic carbocycles. The molecule has 112 valence electrons. The number of hydrogen-bond donors (Lipinski definition) is 0. The second kappa shape index (κ2) is 6.54. The van der Waals surface area contributed by atoms with Crippen LogP contribution in [0.1, 0.15) is 11.1 Å². The van der Waals surface area contributed by atoms with Gasteiger partial charge < -0.3 is 4.74 Å². The number of ether oxygens (including phenoxy) is 1. The minimum absolute atomic E-state index is 0.160. The van der Waals surface area contributed by atoms with E-state index in [0.29, 0.717) is 6.61 Å². The summed E-state index contributed by atoms with van der Waals surface area (Å²) in [5, 5.41) is 0. The van der Waals surface area contributed by atoms with Crippen molar-refractivity contribution in [2.75, 3.05) is 25.6 Å². The molecule has 0 fully saturated rings. The molecule has 0 bridgehead atoms. The first kappa shape index (κ1) is 15.9. The standard InChI is InChI=1S/C13H14BrClF3NO/c14-11-5-9-1-4-20-12(9)10(6-11)7-19(3-2-15)8-13(16,17)18/h5-6H,1-4,7-8H2. The van der Waals surface area contributed by atoms with Crippen molar-refractivity contribution in [3.05, 3.63) is 27.7 Å². The molecule has 2 nitrogen and oxygen atoms in total. The Morgan fingerprint density at radius 1 is 1.35 bits per heavy atom. The quantitative estimate of drug-likeness (QED) is 0.725. The van der Waals surface area contributed by atoms with Crippen molar-refractivity contribution in [1.82, 2.24) is 4.90 Å². The molecular formula is C13H14BrClF3NO. The van der Waals surface area contributed by atoms with Crippen LogP contribution < -0.4 is 4.74 Å². The van der Waals surface area contributed by atoms with E-state index in [0.717, 1.165) is 27.8 Å². The molecule has 7 heteroatoms. The lowest BCUT2D eigenvalue weighted by Gasteiger charge is -2.23. The van der Waals surface area contributed by atoms with Crippen molar-refractivity contribution in [2.24, 2.45) is 0 Å². The molecule has 0 saturated heterocycles. The van der Waals surface area contributed by atoms with Crippen molar-refractivity contribution in [2.45, 2.75) is 19.1 Å². The van der Waals surface area contributed by atoms with E-state index in [2.05, 4.69) is 15.9 Å². The third-order valence-electron chi connectivity index (χ3n) is 3.02. The summed E-state index contributed by atoms with van der Waals surface area (Å²) in [5.41, 5.74) is 1.80. The lowest BCUT2D eigenvalue weighted by atomic mass is 10.1. The third kappa shape index (κ3) is 4.27. The zero-order valence-corrected chi connectivity index (χ0v) is 13.0. The first-order valence-electron chi connectivity index (χ1n) is 6.18. The SMILES string of the molecule is FC(F)(F)CN(CCCl)Cc1cc(Br)cc2c1OCC2. The van der Waals surface area contributed by atoms with Gasteiger partial charge in [-0.25, -0.2) is 0 Å². The molecule has 1 heterocycles. The van der Waals surface area contributed by atoms with Gasteiger partial charge in [0.25, 0.3) is 0 Å². The van der Waals surface area contributed by atoms with Gasteiger partial charge in [0, 0.05) is 35.4 Å². The Hall–Kier alpha value is -0.460. The molecule has 0 saturated carbocycles. The maximum absolute atomic E-state index is 12.6. The van der Waals surface area contributed by atoms with Gasteiger partial charge in [-0.15, -0.1) is 11.6 Å². The molecule has 1 aliphatic rings. The van der Waals surface area contributed by atoms with Crippen molar-refractivity contribution in [1.29, 1.82) is 0 Å². The minimum Gasteiger partial charge on any atom is -0.493 e. The monoisotopic (exact) mass is 371 g/mol. The minimum atomic E-state index is -4.23. The van der Waals surface area contributed by atoms with Crippen LogP contribution in [0.25, 0.3) is 0 Å². The Balaban J connectivity index is 2.18. The van der Waals surface area contributed by atoms with E-state index in [-0.39, 0.29) is 19.0 Å². The van der Waals surface area contributed by atoms with Crippen LogP contribution in [0.4, 0.5) is 13.2 Å². The molecule has 2 rings (SSSR count). The normalized spacial score (nSPS) is 14.5. The zero-order valence-electron chi connectivity index (χ0n) is 10.6. The molecule has 0 amide bonds. The number of hydrogen-bond acceptors (Lipinski definition) is 2. The fourth-order valence-electron chi connectivity index (χ4n) is 2.29. The summed E-state index contributed by atoms with van der Waals surface area (Å²) in [4.78, 5) is 1.29. The van der Waals surface area contributed by atoms with E-state index in [1.165, 1.54) is 4.90 Å². The van der Waals surface area contributed by atoms with E-state index in [4.69, 9.17) is 16.3 Å². The average Bonchev–Trinajstić information content (AvgIpc) is 2.74. The van der Waals surface area contributed by atoms with E-state index in [1.807, 2.05) is 12.1 Å². The Morgan fingerprint density at radius 3 is 2.75 bits per heavy atom. The number of alkyl halides is 4. The van der Waals surface area contributed by atoms with Crippen molar-refractivity contribution >= 4 is 27.5 Å². The van der Waals surface area contributed by atoms with Gasteiger partial charge in [-0.2, -0.15) is 13.2 Å². The van der Waals surface area contributed by atoms with Crippen LogP contribution in [0.2, 0.25) is 0 Å². The van der Waals surface area contributed by atoms with Gasteiger partial charge in [0.05, 0.1) is 13.2 Å². The smallest absolute Gasteiger partial charge is 0.401 e. The predicted octanol–water partition coefficient (Wildman–Crippen LogP) is 3.99. The number of halogens is 5. The van der Waals surface area contributed by atoms with E-state index in [1.54, 1.807) is 0 Å². The van der Waals surface area contributed by atoms with E-state index < -0.39 is 12.7 Å². The van der Waals surface area contributed by atoms with Gasteiger partial charge in [0.15, 0.2) is 0 Å². The highest BCUT2D eigenvalue weighted by Crippen LogP contribution is 2.34. The summed E-state index contributed by atoms with van der Waals surface area (Å²) >= 11 is 8.97. The summed E-state index contributed by atoms with van der Waals surface area (Å²) in [6.07, 6.45) is -3.45. The van der Waals surface area contributed by atoms with E-state index in [9.17, 15) is 13.2 Å². The number of rotatable bonds is 5. The van der Waals surface area contributed by atoms with Crippen LogP contribution in [0.5, 0.6) is 5.75 Å². The van der Waals surface area contributed by atoms with Crippen LogP contribution in [-0.2, 0) is 13.0 Å². The highest BCUT2D eigenvalue weighted by Gasteiger charge is 2.31. The summed E-state index contributed by atoms with van der Waals surface area (Å²) in [6.45, 7) is -0.0368. The van der Waals surface area contributed by atoms with E-state index >= 15 is 0 Å². The lowest BCUT2D eigenvalue weighted by molar-refractivity contribution is -0.146. The second-order valence-corrected chi connectivity index (χ2v) is 5.96. The van der Waals surface area contributed by atoms with Crippen molar-refractivity contribution in [3.8, 4) is 5.75 Å². The lowest BCUT2D eigenvalue weighted by Crippen LogP contribution is -2.35. The average molecular weight is 373 g/mol. The van der Waals surface area contributed by atoms with Crippen LogP contribution >= 0.6 is 27.5 Å². The molecule has 0 spiro atoms. The first-order valence-corrected chi connectivity index (χ1v) is 7.51. The summed E-state index contributed by atoms with van der Waals surface area (Å²) < 4.78 is 44.1. The Morgan fingerprint density at radius 2 is 2.10 bits per heavy atom. The van der Waals surface area contributed by atoms with Crippen LogP contribution in [-0.4, -0.2) is 36.7 Å². The van der Waals surface area contributed by atoms with Crippen LogP contribution in [0.15, 0.2) is 16.6 Å². The predicted molar refractivity (Wildman–Crippen MR) is 75.4 cm³/mol. The molecule has 0 aliphatic carbocycles. The topological polar surface area (TPSA) is 12.5 Å². The molecule has 0 N–H and O–H groups in total. The molecule has 0 atom stereocenters. The first-order chi connectivity index (χ1) is 9.39. The third-order valence-corrected chi connectivity index (χ3v) is 3.65. The van der Waals surface area contributed by atoms with Gasteiger partial charge in [-0.05, 0) is 17.7 Å². The second-order valence-electron chi connectivity index (χ2n) is 4.67. The maximum atomic E-state index is 12.6. The zero-order chi connectivity index (χ0) is 14.8. The molecule has 1 aromatic rings. The molecular weight excluding hydrogens is 359 g/mol. The van der Waals surface area contributed by atoms with Gasteiger partial charge >= 0.3 is 6.18 Å². The number of benzene rings is 1. The Kier molecular flexibility index (Phi) is 5.20. The van der Waals surface area contributed by atoms with Gasteiger partial charge in [0.2, 0.25) is 0 Å². The summed E-state index contributed by atoms with van der Waals surface area (Å²) in [5.74, 6) is 0.877. The summed E-state index contributed by atoms with van der Waals surface area (Å²) in [7, 11) is 0. The molecule has 0 unspecified atom stereocenters. The van der Waals surface area contributed by atoms with Crippen LogP contribution in [0.3, 0.4) is 0 Å². The Bertz CT molecular complexity index is 481. The maximum Gasteiger partial charge on any atom is 0.401 e. The van der Waals surface area contributed by atoms with Crippen molar-refractivity contribution < 1.29 is 17.9 Å². The fraction of sp³-hybridized carbons (Fsp3) is 0.538. The van der Waals surface area contributed by atoms with Gasteiger partial charge in [-0.3, -0.25) is 4.90 Å². The highest BCUT2D eigenvalue weighted by molar-refractivity contribution is 9.10. The Labute approximate surface area is 129 Å². The number of fused-ring (bicyclic) bond motifs is 1. The van der Waals surface area contributed by atoms with Crippen molar-refractivity contribution in [3.63, 3.8) is 0 Å².